The van der Waals surface area contributed by atoms with Crippen LogP contribution in [-0.2, 0) is 14.9 Å². The highest BCUT2D eigenvalue weighted by Crippen LogP contribution is 2.25. The Morgan fingerprint density at radius 2 is 2.00 bits per heavy atom. The molecule has 1 saturated heterocycles. The minimum absolute atomic E-state index is 0.388. The summed E-state index contributed by atoms with van der Waals surface area (Å²) in [7, 11) is -3.50. The molecule has 1 heterocycles. The first-order valence-electron chi connectivity index (χ1n) is 5.61. The molecule has 5 nitrogen and oxygen atoms in total. The summed E-state index contributed by atoms with van der Waals surface area (Å²) < 4.78 is 34.2. The Bertz CT molecular complexity index is 527. The van der Waals surface area contributed by atoms with Crippen LogP contribution in [0.3, 0.4) is 0 Å². The van der Waals surface area contributed by atoms with Crippen LogP contribution in [0.5, 0.6) is 0 Å². The van der Waals surface area contributed by atoms with Gasteiger partial charge in [-0.05, 0) is 40.5 Å². The van der Waals surface area contributed by atoms with Crippen molar-refractivity contribution in [3.63, 3.8) is 0 Å². The third-order valence-corrected chi connectivity index (χ3v) is 4.89. The highest BCUT2D eigenvalue weighted by Gasteiger charge is 2.24. The van der Waals surface area contributed by atoms with Gasteiger partial charge in [-0.2, -0.15) is 12.7 Å². The van der Waals surface area contributed by atoms with E-state index in [1.54, 1.807) is 6.07 Å². The highest BCUT2D eigenvalue weighted by atomic mass is 79.9. The van der Waals surface area contributed by atoms with Gasteiger partial charge < -0.3 is 4.74 Å². The average Bonchev–Trinajstić information content (AvgIpc) is 2.35. The summed E-state index contributed by atoms with van der Waals surface area (Å²) in [5, 5.41) is 0. The minimum atomic E-state index is -3.50. The van der Waals surface area contributed by atoms with E-state index >= 15 is 0 Å². The molecule has 0 bridgehead atoms. The fraction of sp³-hybridized carbons (Fsp3) is 0.455. The van der Waals surface area contributed by atoms with Crippen molar-refractivity contribution in [1.82, 2.24) is 4.31 Å². The number of morpholine rings is 1. The Balaban J connectivity index is 2.18. The van der Waals surface area contributed by atoms with Gasteiger partial charge in [0.05, 0.1) is 18.9 Å². The van der Waals surface area contributed by atoms with Crippen LogP contribution < -0.4 is 4.72 Å². The molecule has 1 aromatic carbocycles. The number of ether oxygens (including phenoxy) is 1. The molecule has 0 aromatic heterocycles. The number of nitrogens with one attached hydrogen (secondary N) is 1. The first kappa shape index (κ1) is 13.8. The predicted octanol–water partition coefficient (Wildman–Crippen LogP) is 1.75. The molecule has 2 rings (SSSR count). The molecule has 1 aliphatic heterocycles. The van der Waals surface area contributed by atoms with E-state index in [4.69, 9.17) is 4.74 Å². The number of aryl methyl sites for hydroxylation is 1. The van der Waals surface area contributed by atoms with Gasteiger partial charge in [0.15, 0.2) is 0 Å². The molecule has 0 aliphatic carbocycles. The van der Waals surface area contributed by atoms with Gasteiger partial charge >= 0.3 is 10.2 Å². The Hall–Kier alpha value is -0.630. The normalized spacial score (nSPS) is 17.7. The van der Waals surface area contributed by atoms with E-state index in [9.17, 15) is 8.42 Å². The molecule has 1 N–H and O–H groups in total. The minimum Gasteiger partial charge on any atom is -0.379 e. The van der Waals surface area contributed by atoms with Crippen LogP contribution >= 0.6 is 15.9 Å². The van der Waals surface area contributed by atoms with Crippen LogP contribution in [0.1, 0.15) is 5.56 Å². The van der Waals surface area contributed by atoms with Crippen molar-refractivity contribution in [3.8, 4) is 0 Å². The summed E-state index contributed by atoms with van der Waals surface area (Å²) in [6.07, 6.45) is 0. The van der Waals surface area contributed by atoms with Gasteiger partial charge in [-0.15, -0.1) is 0 Å². The summed E-state index contributed by atoms with van der Waals surface area (Å²) in [6.45, 7) is 3.57. The number of rotatable bonds is 3. The molecule has 0 atom stereocenters. The Kier molecular flexibility index (Phi) is 4.26. The Labute approximate surface area is 115 Å². The second kappa shape index (κ2) is 5.56. The average molecular weight is 335 g/mol. The topological polar surface area (TPSA) is 58.6 Å². The van der Waals surface area contributed by atoms with Gasteiger partial charge in [0.2, 0.25) is 0 Å². The second-order valence-corrected chi connectivity index (χ2v) is 6.63. The van der Waals surface area contributed by atoms with Crippen molar-refractivity contribution < 1.29 is 13.2 Å². The molecule has 18 heavy (non-hydrogen) atoms. The van der Waals surface area contributed by atoms with Gasteiger partial charge in [-0.25, -0.2) is 0 Å². The van der Waals surface area contributed by atoms with E-state index < -0.39 is 10.2 Å². The van der Waals surface area contributed by atoms with E-state index in [2.05, 4.69) is 20.7 Å². The van der Waals surface area contributed by atoms with Crippen LogP contribution in [0, 0.1) is 6.92 Å². The van der Waals surface area contributed by atoms with Crippen LogP contribution in [0.4, 0.5) is 5.69 Å². The van der Waals surface area contributed by atoms with Crippen LogP contribution in [0.2, 0.25) is 0 Å². The molecule has 1 aliphatic rings. The van der Waals surface area contributed by atoms with E-state index in [0.717, 1.165) is 10.0 Å². The third kappa shape index (κ3) is 3.23. The predicted molar refractivity (Wildman–Crippen MR) is 73.8 cm³/mol. The van der Waals surface area contributed by atoms with E-state index in [1.807, 2.05) is 19.1 Å². The lowest BCUT2D eigenvalue weighted by molar-refractivity contribution is 0.0733. The first-order valence-corrected chi connectivity index (χ1v) is 7.84. The van der Waals surface area contributed by atoms with Crippen LogP contribution in [-0.4, -0.2) is 39.0 Å². The number of nitrogens with zero attached hydrogens (tertiary/aromatic N) is 1. The maximum atomic E-state index is 12.2. The summed E-state index contributed by atoms with van der Waals surface area (Å²) in [4.78, 5) is 0. The standard InChI is InChI=1S/C11H15BrN2O3S/c1-9-2-3-10(12)11(8-9)13-18(15,16)14-4-6-17-7-5-14/h2-3,8,13H,4-7H2,1H3. The summed E-state index contributed by atoms with van der Waals surface area (Å²) in [6, 6.07) is 5.53. The molecule has 1 fully saturated rings. The zero-order valence-corrected chi connectivity index (χ0v) is 12.4. The van der Waals surface area contributed by atoms with Gasteiger partial charge in [0, 0.05) is 17.6 Å². The van der Waals surface area contributed by atoms with Crippen molar-refractivity contribution in [2.45, 2.75) is 6.92 Å². The van der Waals surface area contributed by atoms with Crippen molar-refractivity contribution in [1.29, 1.82) is 0 Å². The summed E-state index contributed by atoms with van der Waals surface area (Å²) >= 11 is 3.34. The zero-order valence-electron chi connectivity index (χ0n) is 10.0. The summed E-state index contributed by atoms with van der Waals surface area (Å²) in [5.41, 5.74) is 1.55. The molecule has 0 amide bonds. The number of halogens is 1. The van der Waals surface area contributed by atoms with Crippen LogP contribution in [0.15, 0.2) is 22.7 Å². The SMILES string of the molecule is Cc1ccc(Br)c(NS(=O)(=O)N2CCOCC2)c1. The van der Waals surface area contributed by atoms with Crippen molar-refractivity contribution in [2.24, 2.45) is 0 Å². The molecule has 0 radical (unpaired) electrons. The molecule has 0 saturated carbocycles. The van der Waals surface area contributed by atoms with Crippen molar-refractivity contribution in [2.75, 3.05) is 31.0 Å². The molecular weight excluding hydrogens is 320 g/mol. The molecular formula is C11H15BrN2O3S. The largest absolute Gasteiger partial charge is 0.379 e. The summed E-state index contributed by atoms with van der Waals surface area (Å²) in [5.74, 6) is 0. The lowest BCUT2D eigenvalue weighted by atomic mass is 10.2. The maximum Gasteiger partial charge on any atom is 0.301 e. The van der Waals surface area contributed by atoms with Gasteiger partial charge in [-0.3, -0.25) is 4.72 Å². The Morgan fingerprint density at radius 1 is 1.33 bits per heavy atom. The quantitative estimate of drug-likeness (QED) is 0.916. The number of benzene rings is 1. The number of hydrogen-bond donors (Lipinski definition) is 1. The van der Waals surface area contributed by atoms with Crippen molar-refractivity contribution in [3.05, 3.63) is 28.2 Å². The lowest BCUT2D eigenvalue weighted by Gasteiger charge is -2.26. The van der Waals surface area contributed by atoms with Gasteiger partial charge in [0.25, 0.3) is 0 Å². The molecule has 1 aromatic rings. The third-order valence-electron chi connectivity index (χ3n) is 2.67. The first-order chi connectivity index (χ1) is 8.49. The fourth-order valence-electron chi connectivity index (χ4n) is 1.71. The fourth-order valence-corrected chi connectivity index (χ4v) is 3.39. The zero-order chi connectivity index (χ0) is 13.2. The maximum absolute atomic E-state index is 12.2. The van der Waals surface area contributed by atoms with Crippen LogP contribution in [0.25, 0.3) is 0 Å². The molecule has 0 spiro atoms. The molecule has 7 heteroatoms. The van der Waals surface area contributed by atoms with Gasteiger partial charge in [-0.1, -0.05) is 6.07 Å². The molecule has 0 unspecified atom stereocenters. The smallest absolute Gasteiger partial charge is 0.301 e. The van der Waals surface area contributed by atoms with Gasteiger partial charge in [0.1, 0.15) is 0 Å². The van der Waals surface area contributed by atoms with E-state index in [-0.39, 0.29) is 0 Å². The van der Waals surface area contributed by atoms with E-state index in [0.29, 0.717) is 32.0 Å². The highest BCUT2D eigenvalue weighted by molar-refractivity contribution is 9.10. The van der Waals surface area contributed by atoms with Crippen molar-refractivity contribution >= 4 is 31.8 Å². The van der Waals surface area contributed by atoms with E-state index in [1.165, 1.54) is 4.31 Å². The second-order valence-electron chi connectivity index (χ2n) is 4.10. The number of anilines is 1. The number of hydrogen-bond acceptors (Lipinski definition) is 3. The molecule has 100 valence electrons. The Morgan fingerprint density at radius 3 is 2.67 bits per heavy atom. The monoisotopic (exact) mass is 334 g/mol. The lowest BCUT2D eigenvalue weighted by Crippen LogP contribution is -2.43.